The van der Waals surface area contributed by atoms with Crippen LogP contribution in [0.3, 0.4) is 0 Å². The minimum atomic E-state index is 0.107. The van der Waals surface area contributed by atoms with Crippen molar-refractivity contribution in [1.82, 2.24) is 4.98 Å². The molecule has 0 unspecified atom stereocenters. The number of aromatic amines is 1. The Morgan fingerprint density at radius 2 is 1.88 bits per heavy atom. The molecule has 0 aliphatic rings. The van der Waals surface area contributed by atoms with Crippen LogP contribution < -0.4 is 0 Å². The molecule has 0 amide bonds. The number of phenolic OH excluding ortho intramolecular Hbond substituents is 1. The molecule has 84 valence electrons. The average molecular weight is 244 g/mol. The first kappa shape index (κ1) is 10.2. The molecule has 2 aromatic carbocycles. The van der Waals surface area contributed by atoms with Crippen LogP contribution in [-0.4, -0.2) is 10.1 Å². The Balaban J connectivity index is 2.24. The quantitative estimate of drug-likeness (QED) is 0.660. The van der Waals surface area contributed by atoms with E-state index in [9.17, 15) is 5.11 Å². The van der Waals surface area contributed by atoms with E-state index < -0.39 is 0 Å². The van der Waals surface area contributed by atoms with Gasteiger partial charge in [0.25, 0.3) is 0 Å². The van der Waals surface area contributed by atoms with Crippen LogP contribution in [0.15, 0.2) is 48.7 Å². The average Bonchev–Trinajstić information content (AvgIpc) is 2.76. The summed E-state index contributed by atoms with van der Waals surface area (Å²) in [6, 6.07) is 13.3. The highest BCUT2D eigenvalue weighted by Gasteiger charge is 2.07. The zero-order valence-electron chi connectivity index (χ0n) is 8.94. The van der Waals surface area contributed by atoms with Crippen molar-refractivity contribution < 1.29 is 5.11 Å². The molecule has 1 aromatic heterocycles. The molecular formula is C14H10ClNO. The van der Waals surface area contributed by atoms with Gasteiger partial charge in [0, 0.05) is 22.7 Å². The maximum absolute atomic E-state index is 9.41. The largest absolute Gasteiger partial charge is 0.506 e. The van der Waals surface area contributed by atoms with Gasteiger partial charge in [0.15, 0.2) is 0 Å². The van der Waals surface area contributed by atoms with Crippen molar-refractivity contribution in [2.24, 2.45) is 0 Å². The minimum Gasteiger partial charge on any atom is -0.506 e. The van der Waals surface area contributed by atoms with Gasteiger partial charge in [-0.05, 0) is 23.8 Å². The Hall–Kier alpha value is -1.93. The van der Waals surface area contributed by atoms with Crippen molar-refractivity contribution in [2.75, 3.05) is 0 Å². The van der Waals surface area contributed by atoms with E-state index in [2.05, 4.69) is 11.1 Å². The summed E-state index contributed by atoms with van der Waals surface area (Å²) in [5.41, 5.74) is 3.17. The highest BCUT2D eigenvalue weighted by atomic mass is 35.5. The van der Waals surface area contributed by atoms with E-state index in [-0.39, 0.29) is 5.75 Å². The van der Waals surface area contributed by atoms with Crippen LogP contribution in [0.4, 0.5) is 0 Å². The standard InChI is InChI=1S/C14H10ClNO/c15-12-7-9(5-6-14(12)17)11-8-16-13-4-2-1-3-10(11)13/h1-8,16-17H. The Labute approximate surface area is 103 Å². The van der Waals surface area contributed by atoms with Gasteiger partial charge < -0.3 is 10.1 Å². The third-order valence-electron chi connectivity index (χ3n) is 2.85. The van der Waals surface area contributed by atoms with Crippen LogP contribution >= 0.6 is 11.6 Å². The van der Waals surface area contributed by atoms with Gasteiger partial charge in [-0.3, -0.25) is 0 Å². The van der Waals surface area contributed by atoms with Crippen LogP contribution in [0.25, 0.3) is 22.0 Å². The summed E-state index contributed by atoms with van der Waals surface area (Å²) in [4.78, 5) is 3.22. The van der Waals surface area contributed by atoms with Crippen molar-refractivity contribution in [1.29, 1.82) is 0 Å². The summed E-state index contributed by atoms with van der Waals surface area (Å²) >= 11 is 5.92. The molecule has 0 spiro atoms. The molecule has 0 aliphatic heterocycles. The molecule has 3 rings (SSSR count). The lowest BCUT2D eigenvalue weighted by Gasteiger charge is -2.02. The number of fused-ring (bicyclic) bond motifs is 1. The smallest absolute Gasteiger partial charge is 0.134 e. The summed E-state index contributed by atoms with van der Waals surface area (Å²) in [6.45, 7) is 0. The van der Waals surface area contributed by atoms with Crippen LogP contribution in [0.5, 0.6) is 5.75 Å². The molecule has 1 heterocycles. The summed E-state index contributed by atoms with van der Waals surface area (Å²) < 4.78 is 0. The topological polar surface area (TPSA) is 36.0 Å². The predicted octanol–water partition coefficient (Wildman–Crippen LogP) is 4.19. The number of aromatic nitrogens is 1. The van der Waals surface area contributed by atoms with Gasteiger partial charge >= 0.3 is 0 Å². The van der Waals surface area contributed by atoms with Gasteiger partial charge in [-0.1, -0.05) is 35.9 Å². The maximum atomic E-state index is 9.41. The molecule has 0 fully saturated rings. The van der Waals surface area contributed by atoms with E-state index >= 15 is 0 Å². The number of para-hydroxylation sites is 1. The van der Waals surface area contributed by atoms with Crippen LogP contribution in [0, 0.1) is 0 Å². The lowest BCUT2D eigenvalue weighted by molar-refractivity contribution is 0.475. The summed E-state index contributed by atoms with van der Waals surface area (Å²) in [5.74, 6) is 0.107. The Morgan fingerprint density at radius 1 is 1.06 bits per heavy atom. The second-order valence-electron chi connectivity index (χ2n) is 3.91. The molecule has 17 heavy (non-hydrogen) atoms. The summed E-state index contributed by atoms with van der Waals surface area (Å²) in [5, 5.41) is 10.9. The number of aromatic hydroxyl groups is 1. The summed E-state index contributed by atoms with van der Waals surface area (Å²) in [6.07, 6.45) is 1.95. The Bertz CT molecular complexity index is 688. The lowest BCUT2D eigenvalue weighted by Crippen LogP contribution is -1.76. The molecule has 2 N–H and O–H groups in total. The first-order chi connectivity index (χ1) is 8.25. The summed E-state index contributed by atoms with van der Waals surface area (Å²) in [7, 11) is 0. The number of nitrogens with one attached hydrogen (secondary N) is 1. The molecule has 0 saturated carbocycles. The minimum absolute atomic E-state index is 0.107. The fourth-order valence-electron chi connectivity index (χ4n) is 1.98. The van der Waals surface area contributed by atoms with Crippen molar-refractivity contribution in [3.05, 3.63) is 53.7 Å². The van der Waals surface area contributed by atoms with E-state index in [1.54, 1.807) is 12.1 Å². The Morgan fingerprint density at radius 3 is 2.71 bits per heavy atom. The SMILES string of the molecule is Oc1ccc(-c2c[nH]c3ccccc23)cc1Cl. The number of hydrogen-bond acceptors (Lipinski definition) is 1. The zero-order chi connectivity index (χ0) is 11.8. The first-order valence-corrected chi connectivity index (χ1v) is 5.68. The maximum Gasteiger partial charge on any atom is 0.134 e. The van der Waals surface area contributed by atoms with Gasteiger partial charge in [0.05, 0.1) is 5.02 Å². The zero-order valence-corrected chi connectivity index (χ0v) is 9.70. The molecule has 3 aromatic rings. The third-order valence-corrected chi connectivity index (χ3v) is 3.15. The Kier molecular flexibility index (Phi) is 2.30. The fourth-order valence-corrected chi connectivity index (χ4v) is 2.17. The van der Waals surface area contributed by atoms with Crippen molar-refractivity contribution >= 4 is 22.5 Å². The van der Waals surface area contributed by atoms with Crippen LogP contribution in [-0.2, 0) is 0 Å². The number of H-pyrrole nitrogens is 1. The van der Waals surface area contributed by atoms with Crippen molar-refractivity contribution in [3.8, 4) is 16.9 Å². The van der Waals surface area contributed by atoms with E-state index in [0.29, 0.717) is 5.02 Å². The van der Waals surface area contributed by atoms with E-state index in [0.717, 1.165) is 22.0 Å². The van der Waals surface area contributed by atoms with Crippen molar-refractivity contribution in [2.45, 2.75) is 0 Å². The number of hydrogen-bond donors (Lipinski definition) is 2. The van der Waals surface area contributed by atoms with Crippen molar-refractivity contribution in [3.63, 3.8) is 0 Å². The molecule has 0 aliphatic carbocycles. The highest BCUT2D eigenvalue weighted by Crippen LogP contribution is 2.33. The predicted molar refractivity (Wildman–Crippen MR) is 70.4 cm³/mol. The number of rotatable bonds is 1. The fraction of sp³-hybridized carbons (Fsp3) is 0. The van der Waals surface area contributed by atoms with E-state index in [1.165, 1.54) is 0 Å². The highest BCUT2D eigenvalue weighted by molar-refractivity contribution is 6.32. The van der Waals surface area contributed by atoms with E-state index in [4.69, 9.17) is 11.6 Å². The van der Waals surface area contributed by atoms with Crippen LogP contribution in [0.1, 0.15) is 0 Å². The first-order valence-electron chi connectivity index (χ1n) is 5.31. The van der Waals surface area contributed by atoms with Gasteiger partial charge in [0.1, 0.15) is 5.75 Å². The molecule has 0 atom stereocenters. The molecule has 0 saturated heterocycles. The molecular weight excluding hydrogens is 234 g/mol. The van der Waals surface area contributed by atoms with Gasteiger partial charge in [-0.25, -0.2) is 0 Å². The van der Waals surface area contributed by atoms with Gasteiger partial charge in [-0.2, -0.15) is 0 Å². The molecule has 0 bridgehead atoms. The number of halogens is 1. The normalized spacial score (nSPS) is 10.9. The number of phenols is 1. The second kappa shape index (κ2) is 3.82. The monoisotopic (exact) mass is 243 g/mol. The van der Waals surface area contributed by atoms with Crippen LogP contribution in [0.2, 0.25) is 5.02 Å². The van der Waals surface area contributed by atoms with Gasteiger partial charge in [-0.15, -0.1) is 0 Å². The lowest BCUT2D eigenvalue weighted by atomic mass is 10.0. The number of benzene rings is 2. The molecule has 2 nitrogen and oxygen atoms in total. The van der Waals surface area contributed by atoms with Gasteiger partial charge in [0.2, 0.25) is 0 Å². The molecule has 3 heteroatoms. The second-order valence-corrected chi connectivity index (χ2v) is 4.32. The van der Waals surface area contributed by atoms with E-state index in [1.807, 2.05) is 30.5 Å². The third kappa shape index (κ3) is 1.67. The molecule has 0 radical (unpaired) electrons.